The number of hydrogen-bond acceptors (Lipinski definition) is 3. The standard InChI is InChI=1S/C16H19N3O/c20-16(15-12-8-4-5-9-13(12)15)14-10-17-18-19(14)11-6-2-1-3-7-11/h1-3,6-7,10,12-13,15-16,20H,4-5,8-9H2. The second-order valence-electron chi connectivity index (χ2n) is 6.04. The minimum Gasteiger partial charge on any atom is -0.386 e. The number of benzene rings is 1. The van der Waals surface area contributed by atoms with E-state index in [2.05, 4.69) is 10.3 Å². The van der Waals surface area contributed by atoms with Crippen molar-refractivity contribution < 1.29 is 5.11 Å². The normalized spacial score (nSPS) is 29.8. The lowest BCUT2D eigenvalue weighted by Crippen LogP contribution is -2.10. The van der Waals surface area contributed by atoms with E-state index in [1.807, 2.05) is 30.3 Å². The smallest absolute Gasteiger partial charge is 0.101 e. The molecule has 4 heteroatoms. The third kappa shape index (κ3) is 1.86. The highest BCUT2D eigenvalue weighted by molar-refractivity contribution is 5.32. The Kier molecular flexibility index (Phi) is 2.84. The van der Waals surface area contributed by atoms with E-state index in [0.717, 1.165) is 23.2 Å². The number of rotatable bonds is 3. The highest BCUT2D eigenvalue weighted by atomic mass is 16.3. The fourth-order valence-corrected chi connectivity index (χ4v) is 3.93. The van der Waals surface area contributed by atoms with Crippen LogP contribution in [0.3, 0.4) is 0 Å². The maximum atomic E-state index is 10.7. The summed E-state index contributed by atoms with van der Waals surface area (Å²) in [6, 6.07) is 9.91. The number of hydrogen-bond donors (Lipinski definition) is 1. The molecule has 104 valence electrons. The van der Waals surface area contributed by atoms with Crippen molar-refractivity contribution in [1.29, 1.82) is 0 Å². The van der Waals surface area contributed by atoms with E-state index in [4.69, 9.17) is 0 Å². The molecule has 0 amide bonds. The van der Waals surface area contributed by atoms with E-state index in [-0.39, 0.29) is 0 Å². The molecule has 2 aromatic rings. The maximum absolute atomic E-state index is 10.7. The molecule has 1 aromatic heterocycles. The van der Waals surface area contributed by atoms with Crippen molar-refractivity contribution >= 4 is 0 Å². The Morgan fingerprint density at radius 3 is 2.50 bits per heavy atom. The predicted octanol–water partition coefficient (Wildman–Crippen LogP) is 2.74. The summed E-state index contributed by atoms with van der Waals surface area (Å²) in [5.41, 5.74) is 1.79. The first-order valence-electron chi connectivity index (χ1n) is 7.50. The molecular formula is C16H19N3O. The van der Waals surface area contributed by atoms with Crippen LogP contribution >= 0.6 is 0 Å². The molecule has 1 heterocycles. The zero-order valence-electron chi connectivity index (χ0n) is 11.4. The van der Waals surface area contributed by atoms with Crippen molar-refractivity contribution in [3.8, 4) is 5.69 Å². The Morgan fingerprint density at radius 2 is 1.80 bits per heavy atom. The zero-order chi connectivity index (χ0) is 13.5. The summed E-state index contributed by atoms with van der Waals surface area (Å²) in [5.74, 6) is 1.86. The molecule has 4 rings (SSSR count). The van der Waals surface area contributed by atoms with Gasteiger partial charge in [-0.1, -0.05) is 36.3 Å². The molecule has 3 unspecified atom stereocenters. The largest absolute Gasteiger partial charge is 0.386 e. The van der Waals surface area contributed by atoms with Gasteiger partial charge in [-0.25, -0.2) is 4.68 Å². The molecule has 0 spiro atoms. The molecule has 2 aliphatic carbocycles. The van der Waals surface area contributed by atoms with Gasteiger partial charge in [0.1, 0.15) is 6.10 Å². The SMILES string of the molecule is OC(c1cnnn1-c1ccccc1)C1C2CCCCC21. The Hall–Kier alpha value is -1.68. The molecule has 0 bridgehead atoms. The Bertz CT molecular complexity index is 583. The van der Waals surface area contributed by atoms with E-state index in [1.54, 1.807) is 10.9 Å². The van der Waals surface area contributed by atoms with Crippen LogP contribution in [-0.2, 0) is 0 Å². The average Bonchev–Trinajstić information content (AvgIpc) is 3.02. The number of aliphatic hydroxyl groups excluding tert-OH is 1. The maximum Gasteiger partial charge on any atom is 0.101 e. The molecule has 1 aromatic carbocycles. The number of nitrogens with zero attached hydrogens (tertiary/aromatic N) is 3. The van der Waals surface area contributed by atoms with Gasteiger partial charge in [-0.2, -0.15) is 0 Å². The van der Waals surface area contributed by atoms with Gasteiger partial charge in [0.05, 0.1) is 17.6 Å². The topological polar surface area (TPSA) is 50.9 Å². The van der Waals surface area contributed by atoms with Crippen LogP contribution in [0.15, 0.2) is 36.5 Å². The first-order valence-corrected chi connectivity index (χ1v) is 7.50. The van der Waals surface area contributed by atoms with E-state index in [9.17, 15) is 5.11 Å². The first-order chi connectivity index (χ1) is 9.86. The van der Waals surface area contributed by atoms with Gasteiger partial charge in [-0.3, -0.25) is 0 Å². The average molecular weight is 269 g/mol. The molecular weight excluding hydrogens is 250 g/mol. The molecule has 2 aliphatic rings. The Morgan fingerprint density at radius 1 is 1.10 bits per heavy atom. The molecule has 1 N–H and O–H groups in total. The summed E-state index contributed by atoms with van der Waals surface area (Å²) in [5, 5.41) is 18.9. The lowest BCUT2D eigenvalue weighted by molar-refractivity contribution is 0.135. The third-order valence-electron chi connectivity index (χ3n) is 4.97. The van der Waals surface area contributed by atoms with Gasteiger partial charge < -0.3 is 5.11 Å². The van der Waals surface area contributed by atoms with Crippen LogP contribution in [0.25, 0.3) is 5.69 Å². The van der Waals surface area contributed by atoms with Gasteiger partial charge in [0, 0.05) is 0 Å². The molecule has 2 saturated carbocycles. The number of aromatic nitrogens is 3. The van der Waals surface area contributed by atoms with Crippen LogP contribution in [0.5, 0.6) is 0 Å². The highest BCUT2D eigenvalue weighted by Crippen LogP contribution is 2.60. The van der Waals surface area contributed by atoms with Gasteiger partial charge in [0.25, 0.3) is 0 Å². The first kappa shape index (κ1) is 12.1. The van der Waals surface area contributed by atoms with Crippen molar-refractivity contribution in [2.75, 3.05) is 0 Å². The molecule has 4 nitrogen and oxygen atoms in total. The fraction of sp³-hybridized carbons (Fsp3) is 0.500. The van der Waals surface area contributed by atoms with Gasteiger partial charge in [-0.15, -0.1) is 5.10 Å². The van der Waals surface area contributed by atoms with Crippen LogP contribution in [0.4, 0.5) is 0 Å². The Balaban J connectivity index is 1.62. The fourth-order valence-electron chi connectivity index (χ4n) is 3.93. The van der Waals surface area contributed by atoms with Crippen LogP contribution in [0, 0.1) is 17.8 Å². The molecule has 2 fully saturated rings. The summed E-state index contributed by atoms with van der Waals surface area (Å²) in [6.07, 6.45) is 6.47. The quantitative estimate of drug-likeness (QED) is 0.932. The molecule has 3 atom stereocenters. The second-order valence-corrected chi connectivity index (χ2v) is 6.04. The summed E-state index contributed by atoms with van der Waals surface area (Å²) in [7, 11) is 0. The van der Waals surface area contributed by atoms with Crippen LogP contribution < -0.4 is 0 Å². The number of para-hydroxylation sites is 1. The highest BCUT2D eigenvalue weighted by Gasteiger charge is 2.54. The van der Waals surface area contributed by atoms with Gasteiger partial charge in [0.15, 0.2) is 0 Å². The molecule has 20 heavy (non-hydrogen) atoms. The predicted molar refractivity (Wildman–Crippen MR) is 75.3 cm³/mol. The van der Waals surface area contributed by atoms with E-state index >= 15 is 0 Å². The monoisotopic (exact) mass is 269 g/mol. The van der Waals surface area contributed by atoms with Gasteiger partial charge in [0.2, 0.25) is 0 Å². The third-order valence-corrected chi connectivity index (χ3v) is 4.97. The van der Waals surface area contributed by atoms with Crippen molar-refractivity contribution in [3.05, 3.63) is 42.2 Å². The van der Waals surface area contributed by atoms with Crippen molar-refractivity contribution in [2.24, 2.45) is 17.8 Å². The van der Waals surface area contributed by atoms with Crippen molar-refractivity contribution in [1.82, 2.24) is 15.0 Å². The minimum atomic E-state index is -0.432. The van der Waals surface area contributed by atoms with Gasteiger partial charge >= 0.3 is 0 Å². The summed E-state index contributed by atoms with van der Waals surface area (Å²) in [6.45, 7) is 0. The summed E-state index contributed by atoms with van der Waals surface area (Å²) in [4.78, 5) is 0. The lowest BCUT2D eigenvalue weighted by atomic mass is 10.0. The minimum absolute atomic E-state index is 0.415. The van der Waals surface area contributed by atoms with Crippen LogP contribution in [0.1, 0.15) is 37.5 Å². The van der Waals surface area contributed by atoms with E-state index < -0.39 is 6.10 Å². The van der Waals surface area contributed by atoms with Crippen molar-refractivity contribution in [2.45, 2.75) is 31.8 Å². The van der Waals surface area contributed by atoms with E-state index in [1.165, 1.54) is 25.7 Å². The van der Waals surface area contributed by atoms with Crippen molar-refractivity contribution in [3.63, 3.8) is 0 Å². The van der Waals surface area contributed by atoms with E-state index in [0.29, 0.717) is 5.92 Å². The number of aliphatic hydroxyl groups is 1. The Labute approximate surface area is 118 Å². The molecule has 0 aliphatic heterocycles. The summed E-state index contributed by atoms with van der Waals surface area (Å²) < 4.78 is 1.77. The van der Waals surface area contributed by atoms with Gasteiger partial charge in [-0.05, 0) is 42.7 Å². The van der Waals surface area contributed by atoms with Crippen LogP contribution in [-0.4, -0.2) is 20.1 Å². The lowest BCUT2D eigenvalue weighted by Gasteiger charge is -2.12. The summed E-state index contributed by atoms with van der Waals surface area (Å²) >= 11 is 0. The molecule has 0 radical (unpaired) electrons. The zero-order valence-corrected chi connectivity index (χ0v) is 11.4. The van der Waals surface area contributed by atoms with Crippen LogP contribution in [0.2, 0.25) is 0 Å². The molecule has 0 saturated heterocycles. The number of fused-ring (bicyclic) bond motifs is 1. The second kappa shape index (κ2) is 4.70.